The summed E-state index contributed by atoms with van der Waals surface area (Å²) < 4.78 is 84.7. The van der Waals surface area contributed by atoms with E-state index in [1.54, 1.807) is 6.92 Å². The number of alkyl halides is 3. The first-order valence-corrected chi connectivity index (χ1v) is 11.4. The van der Waals surface area contributed by atoms with E-state index in [4.69, 9.17) is 16.3 Å². The van der Waals surface area contributed by atoms with Crippen molar-refractivity contribution in [1.82, 2.24) is 0 Å². The minimum atomic E-state index is -4.91. The number of amides is 1. The summed E-state index contributed by atoms with van der Waals surface area (Å²) in [4.78, 5) is 12.0. The normalized spacial score (nSPS) is 11.7. The van der Waals surface area contributed by atoms with Crippen LogP contribution in [0.2, 0.25) is 5.02 Å². The number of rotatable bonds is 7. The molecule has 0 aliphatic carbocycles. The van der Waals surface area contributed by atoms with Gasteiger partial charge in [-0.2, -0.15) is 13.2 Å². The number of halogens is 5. The number of carbonyl (C=O) groups excluding carboxylic acids is 1. The van der Waals surface area contributed by atoms with Crippen LogP contribution in [0.5, 0.6) is 5.75 Å². The molecule has 0 saturated heterocycles. The van der Waals surface area contributed by atoms with E-state index >= 15 is 0 Å². The van der Waals surface area contributed by atoms with Crippen molar-refractivity contribution in [3.8, 4) is 5.75 Å². The van der Waals surface area contributed by atoms with E-state index in [0.29, 0.717) is 28.4 Å². The third-order valence-corrected chi connectivity index (χ3v) is 6.10. The van der Waals surface area contributed by atoms with Crippen molar-refractivity contribution >= 4 is 38.9 Å². The van der Waals surface area contributed by atoms with E-state index in [-0.39, 0.29) is 16.3 Å². The summed E-state index contributed by atoms with van der Waals surface area (Å²) in [6.07, 6.45) is -4.91. The molecule has 34 heavy (non-hydrogen) atoms. The van der Waals surface area contributed by atoms with E-state index in [1.165, 1.54) is 42.5 Å². The second kappa shape index (κ2) is 9.90. The standard InChI is InChI=1S/C22H17ClF4N2O4S/c1-13-10-17(34(31,32)29-15-4-2-14(23)3-5-15)7-9-20(13)33-12-21(30)28-16-6-8-19(24)18(11-16)22(25,26)27/h2-11,29H,12H2,1H3,(H,28,30). The quantitative estimate of drug-likeness (QED) is 0.399. The molecule has 0 bridgehead atoms. The molecule has 0 aliphatic rings. The molecule has 0 unspecified atom stereocenters. The maximum Gasteiger partial charge on any atom is 0.419 e. The fourth-order valence-electron chi connectivity index (χ4n) is 2.84. The summed E-state index contributed by atoms with van der Waals surface area (Å²) in [5.41, 5.74) is -1.05. The van der Waals surface area contributed by atoms with Crippen molar-refractivity contribution in [3.63, 3.8) is 0 Å². The smallest absolute Gasteiger partial charge is 0.419 e. The summed E-state index contributed by atoms with van der Waals surface area (Å²) in [6, 6.07) is 12.1. The van der Waals surface area contributed by atoms with Gasteiger partial charge in [-0.3, -0.25) is 9.52 Å². The predicted octanol–water partition coefficient (Wildman–Crippen LogP) is 5.62. The zero-order valence-electron chi connectivity index (χ0n) is 17.4. The maximum atomic E-state index is 13.4. The molecule has 1 amide bonds. The molecule has 0 saturated carbocycles. The number of hydrogen-bond acceptors (Lipinski definition) is 4. The lowest BCUT2D eigenvalue weighted by Crippen LogP contribution is -2.21. The Labute approximate surface area is 197 Å². The van der Waals surface area contributed by atoms with Gasteiger partial charge in [-0.25, -0.2) is 12.8 Å². The van der Waals surface area contributed by atoms with Crippen LogP contribution < -0.4 is 14.8 Å². The SMILES string of the molecule is Cc1cc(S(=O)(=O)Nc2ccc(Cl)cc2)ccc1OCC(=O)Nc1ccc(F)c(C(F)(F)F)c1. The highest BCUT2D eigenvalue weighted by Crippen LogP contribution is 2.33. The number of anilines is 2. The second-order valence-corrected chi connectivity index (χ2v) is 9.19. The van der Waals surface area contributed by atoms with Crippen LogP contribution in [0.4, 0.5) is 28.9 Å². The van der Waals surface area contributed by atoms with Gasteiger partial charge in [0.15, 0.2) is 6.61 Å². The minimum Gasteiger partial charge on any atom is -0.483 e. The van der Waals surface area contributed by atoms with Gasteiger partial charge < -0.3 is 10.1 Å². The minimum absolute atomic E-state index is 0.0530. The number of carbonyl (C=O) groups is 1. The van der Waals surface area contributed by atoms with Gasteiger partial charge in [-0.1, -0.05) is 11.6 Å². The Hall–Kier alpha value is -3.31. The zero-order chi connectivity index (χ0) is 25.1. The maximum absolute atomic E-state index is 13.4. The molecule has 0 radical (unpaired) electrons. The topological polar surface area (TPSA) is 84.5 Å². The fraction of sp³-hybridized carbons (Fsp3) is 0.136. The molecule has 0 atom stereocenters. The highest BCUT2D eigenvalue weighted by atomic mass is 35.5. The first-order valence-electron chi connectivity index (χ1n) is 9.53. The van der Waals surface area contributed by atoms with Gasteiger partial charge >= 0.3 is 6.18 Å². The predicted molar refractivity (Wildman–Crippen MR) is 119 cm³/mol. The molecular weight excluding hydrogens is 500 g/mol. The Kier molecular flexibility index (Phi) is 7.37. The lowest BCUT2D eigenvalue weighted by molar-refractivity contribution is -0.140. The molecule has 6 nitrogen and oxygen atoms in total. The Bertz CT molecular complexity index is 1310. The Balaban J connectivity index is 1.65. The molecular formula is C22H17ClF4N2O4S. The average Bonchev–Trinajstić information content (AvgIpc) is 2.75. The van der Waals surface area contributed by atoms with Crippen LogP contribution in [0.3, 0.4) is 0 Å². The van der Waals surface area contributed by atoms with Gasteiger partial charge in [-0.05, 0) is 73.2 Å². The first kappa shape index (κ1) is 25.3. The lowest BCUT2D eigenvalue weighted by Gasteiger charge is -2.13. The molecule has 3 rings (SSSR count). The largest absolute Gasteiger partial charge is 0.483 e. The van der Waals surface area contributed by atoms with Gasteiger partial charge in [0, 0.05) is 16.4 Å². The van der Waals surface area contributed by atoms with Crippen LogP contribution >= 0.6 is 11.6 Å². The van der Waals surface area contributed by atoms with Crippen molar-refractivity contribution in [1.29, 1.82) is 0 Å². The van der Waals surface area contributed by atoms with Crippen LogP contribution in [0.1, 0.15) is 11.1 Å². The Morgan fingerprint density at radius 1 is 1.00 bits per heavy atom. The molecule has 3 aromatic carbocycles. The van der Waals surface area contributed by atoms with Gasteiger partial charge in [0.05, 0.1) is 10.5 Å². The molecule has 0 heterocycles. The van der Waals surface area contributed by atoms with E-state index in [2.05, 4.69) is 10.0 Å². The zero-order valence-corrected chi connectivity index (χ0v) is 19.0. The molecule has 12 heteroatoms. The summed E-state index contributed by atoms with van der Waals surface area (Å²) in [6.45, 7) is 0.985. The van der Waals surface area contributed by atoms with Crippen molar-refractivity contribution in [2.45, 2.75) is 18.0 Å². The van der Waals surface area contributed by atoms with Gasteiger partial charge in [0.25, 0.3) is 15.9 Å². The summed E-state index contributed by atoms with van der Waals surface area (Å²) in [5.74, 6) is -2.06. The molecule has 2 N–H and O–H groups in total. The van der Waals surface area contributed by atoms with Crippen LogP contribution in [0, 0.1) is 12.7 Å². The third kappa shape index (κ3) is 6.39. The lowest BCUT2D eigenvalue weighted by atomic mass is 10.2. The van der Waals surface area contributed by atoms with Gasteiger partial charge in [-0.15, -0.1) is 0 Å². The van der Waals surface area contributed by atoms with Crippen LogP contribution in [0.25, 0.3) is 0 Å². The van der Waals surface area contributed by atoms with Crippen molar-refractivity contribution in [3.05, 3.63) is 82.6 Å². The van der Waals surface area contributed by atoms with Crippen LogP contribution in [0.15, 0.2) is 65.6 Å². The van der Waals surface area contributed by atoms with Gasteiger partial charge in [0.2, 0.25) is 0 Å². The number of hydrogen-bond donors (Lipinski definition) is 2. The molecule has 0 aliphatic heterocycles. The van der Waals surface area contributed by atoms with E-state index in [9.17, 15) is 30.8 Å². The van der Waals surface area contributed by atoms with Crippen LogP contribution in [-0.4, -0.2) is 20.9 Å². The van der Waals surface area contributed by atoms with Crippen molar-refractivity contribution < 1.29 is 35.5 Å². The number of ether oxygens (including phenoxy) is 1. The van der Waals surface area contributed by atoms with Crippen molar-refractivity contribution in [2.24, 2.45) is 0 Å². The number of nitrogens with one attached hydrogen (secondary N) is 2. The first-order chi connectivity index (χ1) is 15.8. The highest BCUT2D eigenvalue weighted by Gasteiger charge is 2.34. The molecule has 0 aromatic heterocycles. The third-order valence-electron chi connectivity index (χ3n) is 4.47. The second-order valence-electron chi connectivity index (χ2n) is 7.07. The molecule has 0 spiro atoms. The summed E-state index contributed by atoms with van der Waals surface area (Å²) >= 11 is 5.79. The fourth-order valence-corrected chi connectivity index (χ4v) is 4.11. The average molecular weight is 517 g/mol. The number of aryl methyl sites for hydroxylation is 1. The molecule has 0 fully saturated rings. The van der Waals surface area contributed by atoms with E-state index < -0.39 is 40.1 Å². The summed E-state index contributed by atoms with van der Waals surface area (Å²) in [5, 5.41) is 2.64. The Morgan fingerprint density at radius 3 is 2.26 bits per heavy atom. The van der Waals surface area contributed by atoms with E-state index in [0.717, 1.165) is 6.07 Å². The van der Waals surface area contributed by atoms with Gasteiger partial charge in [0.1, 0.15) is 11.6 Å². The Morgan fingerprint density at radius 2 is 1.65 bits per heavy atom. The molecule has 180 valence electrons. The number of benzene rings is 3. The summed E-state index contributed by atoms with van der Waals surface area (Å²) in [7, 11) is -3.91. The van der Waals surface area contributed by atoms with Crippen molar-refractivity contribution in [2.75, 3.05) is 16.6 Å². The highest BCUT2D eigenvalue weighted by molar-refractivity contribution is 7.92. The number of sulfonamides is 1. The monoisotopic (exact) mass is 516 g/mol. The van der Waals surface area contributed by atoms with E-state index in [1.807, 2.05) is 0 Å². The van der Waals surface area contributed by atoms with Crippen LogP contribution in [-0.2, 0) is 21.0 Å². The molecule has 3 aromatic rings.